The lowest BCUT2D eigenvalue weighted by Gasteiger charge is -2.36. The van der Waals surface area contributed by atoms with E-state index in [9.17, 15) is 23.3 Å². The third-order valence-electron chi connectivity index (χ3n) is 5.17. The van der Waals surface area contributed by atoms with Crippen molar-refractivity contribution in [3.63, 3.8) is 0 Å². The molecule has 3 rings (SSSR count). The number of ether oxygens (including phenoxy) is 2. The van der Waals surface area contributed by atoms with Gasteiger partial charge in [-0.25, -0.2) is 18.0 Å². The van der Waals surface area contributed by atoms with Crippen molar-refractivity contribution in [3.05, 3.63) is 81.8 Å². The summed E-state index contributed by atoms with van der Waals surface area (Å²) in [4.78, 5) is 26.8. The molecule has 9 nitrogen and oxygen atoms in total. The van der Waals surface area contributed by atoms with Crippen LogP contribution in [-0.2, 0) is 28.9 Å². The van der Waals surface area contributed by atoms with E-state index in [0.29, 0.717) is 5.56 Å². The lowest BCUT2D eigenvalue weighted by Crippen LogP contribution is -2.41. The number of hydrogen-bond donors (Lipinski definition) is 1. The Balaban J connectivity index is 2.53. The Morgan fingerprint density at radius 3 is 2.21 bits per heavy atom. The Morgan fingerprint density at radius 2 is 1.68 bits per heavy atom. The zero-order chi connectivity index (χ0) is 25.2. The summed E-state index contributed by atoms with van der Waals surface area (Å²) < 4.78 is 35.1. The minimum atomic E-state index is -3.95. The van der Waals surface area contributed by atoms with E-state index in [1.807, 2.05) is 6.07 Å². The molecule has 1 unspecified atom stereocenters. The highest BCUT2D eigenvalue weighted by Gasteiger charge is 2.44. The maximum absolute atomic E-state index is 13.1. The third kappa shape index (κ3) is 4.23. The standard InChI is InChI=1S/C23H20ClN3O6S/c1-32-22(28)18-17(13-8-5-4-6-9-13)14(12-25)21(26)27(19(18)23(29)33-2)16-11-7-10-15(24)20(16)34(3,30)31/h4-11,17H,26H2,1-3H3. The fourth-order valence-corrected chi connectivity index (χ4v) is 5.36. The van der Waals surface area contributed by atoms with Crippen LogP contribution in [-0.4, -0.2) is 40.8 Å². The van der Waals surface area contributed by atoms with Gasteiger partial charge in [0, 0.05) is 6.26 Å². The summed E-state index contributed by atoms with van der Waals surface area (Å²) in [6.45, 7) is 0. The largest absolute Gasteiger partial charge is 0.466 e. The van der Waals surface area contributed by atoms with Crippen LogP contribution < -0.4 is 10.6 Å². The highest BCUT2D eigenvalue weighted by molar-refractivity contribution is 7.91. The second-order valence-electron chi connectivity index (χ2n) is 7.20. The number of carbonyl (C=O) groups is 2. The molecule has 0 saturated carbocycles. The van der Waals surface area contributed by atoms with E-state index in [1.165, 1.54) is 18.2 Å². The average Bonchev–Trinajstić information content (AvgIpc) is 2.81. The number of methoxy groups -OCH3 is 2. The fraction of sp³-hybridized carbons (Fsp3) is 0.174. The van der Waals surface area contributed by atoms with Crippen LogP contribution in [0.5, 0.6) is 0 Å². The van der Waals surface area contributed by atoms with E-state index in [1.54, 1.807) is 30.3 Å². The van der Waals surface area contributed by atoms with Crippen LogP contribution in [0.1, 0.15) is 11.5 Å². The first-order valence-corrected chi connectivity index (χ1v) is 12.0. The molecule has 0 amide bonds. The lowest BCUT2D eigenvalue weighted by atomic mass is 9.81. The number of nitriles is 1. The Morgan fingerprint density at radius 1 is 1.06 bits per heavy atom. The Labute approximate surface area is 201 Å². The van der Waals surface area contributed by atoms with E-state index in [-0.39, 0.29) is 32.6 Å². The first-order chi connectivity index (χ1) is 16.1. The lowest BCUT2D eigenvalue weighted by molar-refractivity contribution is -0.139. The van der Waals surface area contributed by atoms with Crippen molar-refractivity contribution >= 4 is 39.1 Å². The number of benzene rings is 2. The molecule has 1 atom stereocenters. The van der Waals surface area contributed by atoms with Gasteiger partial charge in [-0.2, -0.15) is 5.26 Å². The van der Waals surface area contributed by atoms with Crippen molar-refractivity contribution in [1.82, 2.24) is 0 Å². The number of esters is 2. The van der Waals surface area contributed by atoms with Gasteiger partial charge in [-0.05, 0) is 17.7 Å². The summed E-state index contributed by atoms with van der Waals surface area (Å²) >= 11 is 6.21. The van der Waals surface area contributed by atoms with Gasteiger partial charge in [0.25, 0.3) is 0 Å². The van der Waals surface area contributed by atoms with Crippen LogP contribution in [0.4, 0.5) is 5.69 Å². The Kier molecular flexibility index (Phi) is 7.00. The summed E-state index contributed by atoms with van der Waals surface area (Å²) in [5, 5.41) is 9.91. The predicted molar refractivity (Wildman–Crippen MR) is 124 cm³/mol. The van der Waals surface area contributed by atoms with Crippen molar-refractivity contribution in [1.29, 1.82) is 5.26 Å². The zero-order valence-corrected chi connectivity index (χ0v) is 20.0. The number of anilines is 1. The molecule has 0 fully saturated rings. The number of sulfone groups is 1. The summed E-state index contributed by atoms with van der Waals surface area (Å²) in [5.74, 6) is -3.27. The Hall–Kier alpha value is -3.81. The minimum absolute atomic E-state index is 0.0984. The molecule has 0 saturated heterocycles. The molecule has 11 heteroatoms. The molecule has 1 aliphatic heterocycles. The van der Waals surface area contributed by atoms with Gasteiger partial charge in [0.05, 0.1) is 48.1 Å². The molecule has 0 radical (unpaired) electrons. The highest BCUT2D eigenvalue weighted by Crippen LogP contribution is 2.45. The molecule has 2 aromatic rings. The van der Waals surface area contributed by atoms with Crippen molar-refractivity contribution in [3.8, 4) is 6.07 Å². The maximum atomic E-state index is 13.1. The number of rotatable bonds is 5. The fourth-order valence-electron chi connectivity index (χ4n) is 3.80. The predicted octanol–water partition coefficient (Wildman–Crippen LogP) is 2.64. The van der Waals surface area contributed by atoms with Gasteiger partial charge in [0.15, 0.2) is 9.84 Å². The SMILES string of the molecule is COC(=O)C1=C(C(=O)OC)N(c2cccc(Cl)c2S(C)(=O)=O)C(N)=C(C#N)C1c1ccccc1. The number of nitrogens with two attached hydrogens (primary N) is 1. The van der Waals surface area contributed by atoms with Crippen LogP contribution in [0.2, 0.25) is 5.02 Å². The van der Waals surface area contributed by atoms with Crippen molar-refractivity contribution < 1.29 is 27.5 Å². The summed E-state index contributed by atoms with van der Waals surface area (Å²) in [6, 6.07) is 14.6. The number of nitrogens with zero attached hydrogens (tertiary/aromatic N) is 2. The number of halogens is 1. The van der Waals surface area contributed by atoms with Crippen molar-refractivity contribution in [2.75, 3.05) is 25.4 Å². The topological polar surface area (TPSA) is 140 Å². The second kappa shape index (κ2) is 9.59. The van der Waals surface area contributed by atoms with E-state index in [4.69, 9.17) is 26.8 Å². The van der Waals surface area contributed by atoms with E-state index in [2.05, 4.69) is 0 Å². The molecular formula is C23H20ClN3O6S. The van der Waals surface area contributed by atoms with Gasteiger partial charge in [0.1, 0.15) is 16.4 Å². The minimum Gasteiger partial charge on any atom is -0.466 e. The molecule has 2 aromatic carbocycles. The number of allylic oxidation sites excluding steroid dienone is 1. The summed E-state index contributed by atoms with van der Waals surface area (Å²) in [5.41, 5.74) is 6.01. The first kappa shape index (κ1) is 24.8. The molecule has 2 N–H and O–H groups in total. The van der Waals surface area contributed by atoms with Crippen LogP contribution in [0.3, 0.4) is 0 Å². The van der Waals surface area contributed by atoms with Crippen molar-refractivity contribution in [2.24, 2.45) is 5.73 Å². The molecule has 0 aromatic heterocycles. The quantitative estimate of drug-likeness (QED) is 0.612. The van der Waals surface area contributed by atoms with Crippen LogP contribution in [0, 0.1) is 11.3 Å². The first-order valence-electron chi connectivity index (χ1n) is 9.72. The number of carbonyl (C=O) groups excluding carboxylic acids is 2. The summed E-state index contributed by atoms with van der Waals surface area (Å²) in [6.07, 6.45) is 0.933. The maximum Gasteiger partial charge on any atom is 0.355 e. The normalized spacial score (nSPS) is 16.2. The summed E-state index contributed by atoms with van der Waals surface area (Å²) in [7, 11) is -1.74. The second-order valence-corrected chi connectivity index (χ2v) is 9.56. The van der Waals surface area contributed by atoms with E-state index < -0.39 is 33.4 Å². The molecule has 0 aliphatic carbocycles. The Bertz CT molecular complexity index is 1380. The zero-order valence-electron chi connectivity index (χ0n) is 18.4. The van der Waals surface area contributed by atoms with Gasteiger partial charge in [-0.3, -0.25) is 4.90 Å². The van der Waals surface area contributed by atoms with Gasteiger partial charge in [0.2, 0.25) is 0 Å². The smallest absolute Gasteiger partial charge is 0.355 e. The van der Waals surface area contributed by atoms with Crippen LogP contribution in [0.25, 0.3) is 0 Å². The van der Waals surface area contributed by atoms with E-state index >= 15 is 0 Å². The average molecular weight is 502 g/mol. The molecule has 0 spiro atoms. The van der Waals surface area contributed by atoms with Crippen LogP contribution in [0.15, 0.2) is 76.1 Å². The van der Waals surface area contributed by atoms with Gasteiger partial charge < -0.3 is 15.2 Å². The third-order valence-corrected chi connectivity index (χ3v) is 6.77. The molecule has 34 heavy (non-hydrogen) atoms. The van der Waals surface area contributed by atoms with Crippen molar-refractivity contribution in [2.45, 2.75) is 10.8 Å². The van der Waals surface area contributed by atoms with E-state index in [0.717, 1.165) is 25.4 Å². The molecular weight excluding hydrogens is 482 g/mol. The molecule has 0 bridgehead atoms. The van der Waals surface area contributed by atoms with Gasteiger partial charge >= 0.3 is 11.9 Å². The van der Waals surface area contributed by atoms with Gasteiger partial charge in [-0.15, -0.1) is 0 Å². The highest BCUT2D eigenvalue weighted by atomic mass is 35.5. The molecule has 176 valence electrons. The molecule has 1 aliphatic rings. The van der Waals surface area contributed by atoms with Crippen LogP contribution >= 0.6 is 11.6 Å². The molecule has 1 heterocycles. The monoisotopic (exact) mass is 501 g/mol. The van der Waals surface area contributed by atoms with Gasteiger partial charge in [-0.1, -0.05) is 48.0 Å². The number of hydrogen-bond acceptors (Lipinski definition) is 9.